The van der Waals surface area contributed by atoms with Crippen LogP contribution in [0, 0.1) is 3.57 Å². The minimum atomic E-state index is 0.388. The van der Waals surface area contributed by atoms with Gasteiger partial charge in [0, 0.05) is 16.7 Å². The van der Waals surface area contributed by atoms with Gasteiger partial charge in [-0.1, -0.05) is 0 Å². The Morgan fingerprint density at radius 1 is 1.50 bits per heavy atom. The van der Waals surface area contributed by atoms with Gasteiger partial charge in [-0.25, -0.2) is 4.98 Å². The molecule has 0 amide bonds. The Kier molecular flexibility index (Phi) is 3.51. The van der Waals surface area contributed by atoms with Gasteiger partial charge in [0.15, 0.2) is 0 Å². The zero-order valence-corrected chi connectivity index (χ0v) is 13.0. The van der Waals surface area contributed by atoms with E-state index in [1.54, 1.807) is 7.11 Å². The van der Waals surface area contributed by atoms with Gasteiger partial charge in [-0.2, -0.15) is 0 Å². The molecule has 2 aromatic rings. The maximum Gasteiger partial charge on any atom is 0.125 e. The molecule has 0 bridgehead atoms. The smallest absolute Gasteiger partial charge is 0.125 e. The Morgan fingerprint density at radius 3 is 2.94 bits per heavy atom. The number of fused-ring (bicyclic) bond motifs is 1. The van der Waals surface area contributed by atoms with Crippen molar-refractivity contribution in [3.8, 4) is 0 Å². The average molecular weight is 377 g/mol. The predicted molar refractivity (Wildman–Crippen MR) is 81.1 cm³/mol. The van der Waals surface area contributed by atoms with Crippen molar-refractivity contribution in [1.82, 2.24) is 9.55 Å². The maximum absolute atomic E-state index is 6.02. The first-order valence-corrected chi connectivity index (χ1v) is 7.59. The lowest BCUT2D eigenvalue weighted by Crippen LogP contribution is -2.33. The van der Waals surface area contributed by atoms with Crippen molar-refractivity contribution in [1.29, 1.82) is 0 Å². The van der Waals surface area contributed by atoms with Crippen LogP contribution in [0.15, 0.2) is 18.2 Å². The summed E-state index contributed by atoms with van der Waals surface area (Å²) in [6, 6.07) is 6.84. The summed E-state index contributed by atoms with van der Waals surface area (Å²) in [5, 5.41) is 0. The number of nitrogens with zero attached hydrogens (tertiary/aromatic N) is 2. The van der Waals surface area contributed by atoms with E-state index in [9.17, 15) is 0 Å². The average Bonchev–Trinajstić information content (AvgIpc) is 2.66. The molecule has 3 rings (SSSR count). The standard InChI is InChI=1S/C13H14ClIN2O/c1-18-10-5-9(6-10)17-12-3-2-8(15)4-11(12)16-13(17)7-14/h2-4,9-10H,5-7H2,1H3. The number of alkyl halides is 1. The van der Waals surface area contributed by atoms with Gasteiger partial charge in [-0.05, 0) is 53.6 Å². The highest BCUT2D eigenvalue weighted by Gasteiger charge is 2.32. The third-order valence-electron chi connectivity index (χ3n) is 3.61. The number of methoxy groups -OCH3 is 1. The van der Waals surface area contributed by atoms with Gasteiger partial charge in [-0.3, -0.25) is 0 Å². The molecule has 1 aliphatic rings. The number of rotatable bonds is 3. The van der Waals surface area contributed by atoms with Crippen molar-refractivity contribution in [3.05, 3.63) is 27.6 Å². The zero-order chi connectivity index (χ0) is 12.7. The van der Waals surface area contributed by atoms with Crippen LogP contribution in [0.3, 0.4) is 0 Å². The Morgan fingerprint density at radius 2 is 2.28 bits per heavy atom. The second kappa shape index (κ2) is 4.98. The van der Waals surface area contributed by atoms with Gasteiger partial charge >= 0.3 is 0 Å². The highest BCUT2D eigenvalue weighted by Crippen LogP contribution is 2.37. The molecule has 0 unspecified atom stereocenters. The highest BCUT2D eigenvalue weighted by molar-refractivity contribution is 14.1. The molecule has 0 spiro atoms. The van der Waals surface area contributed by atoms with E-state index < -0.39 is 0 Å². The number of imidazole rings is 1. The summed E-state index contributed by atoms with van der Waals surface area (Å²) in [5.41, 5.74) is 2.23. The molecule has 1 aromatic carbocycles. The van der Waals surface area contributed by atoms with Crippen LogP contribution in [0.2, 0.25) is 0 Å². The fourth-order valence-electron chi connectivity index (χ4n) is 2.56. The van der Waals surface area contributed by atoms with E-state index in [4.69, 9.17) is 16.3 Å². The number of aromatic nitrogens is 2. The molecular formula is C13H14ClIN2O. The van der Waals surface area contributed by atoms with E-state index in [1.165, 1.54) is 9.09 Å². The minimum Gasteiger partial charge on any atom is -0.381 e. The summed E-state index contributed by atoms with van der Waals surface area (Å²) in [6.45, 7) is 0. The van der Waals surface area contributed by atoms with Crippen molar-refractivity contribution in [2.24, 2.45) is 0 Å². The van der Waals surface area contributed by atoms with Crippen LogP contribution in [0.4, 0.5) is 0 Å². The topological polar surface area (TPSA) is 27.1 Å². The largest absolute Gasteiger partial charge is 0.381 e. The Hall–Kier alpha value is -0.330. The van der Waals surface area contributed by atoms with Crippen LogP contribution in [-0.2, 0) is 10.6 Å². The number of benzene rings is 1. The number of halogens is 2. The van der Waals surface area contributed by atoms with Crippen molar-refractivity contribution in [3.63, 3.8) is 0 Å². The number of ether oxygens (including phenoxy) is 1. The van der Waals surface area contributed by atoms with Crippen molar-refractivity contribution < 1.29 is 4.74 Å². The third kappa shape index (κ3) is 2.04. The second-order valence-corrected chi connectivity index (χ2v) is 6.16. The molecule has 1 aromatic heterocycles. The molecule has 0 aliphatic heterocycles. The number of hydrogen-bond donors (Lipinski definition) is 0. The molecule has 1 fully saturated rings. The summed E-state index contributed by atoms with van der Waals surface area (Å²) >= 11 is 8.33. The molecule has 5 heteroatoms. The molecule has 18 heavy (non-hydrogen) atoms. The Labute approximate surface area is 125 Å². The molecule has 0 N–H and O–H groups in total. The summed E-state index contributed by atoms with van der Waals surface area (Å²) in [4.78, 5) is 4.63. The Balaban J connectivity index is 2.04. The molecule has 0 radical (unpaired) electrons. The first kappa shape index (κ1) is 12.7. The third-order valence-corrected chi connectivity index (χ3v) is 4.52. The van der Waals surface area contributed by atoms with Gasteiger partial charge in [0.25, 0.3) is 0 Å². The van der Waals surface area contributed by atoms with Crippen LogP contribution < -0.4 is 0 Å². The molecular weight excluding hydrogens is 363 g/mol. The fraction of sp³-hybridized carbons (Fsp3) is 0.462. The molecule has 0 atom stereocenters. The molecule has 3 nitrogen and oxygen atoms in total. The van der Waals surface area contributed by atoms with Crippen LogP contribution >= 0.6 is 34.2 Å². The normalized spacial score (nSPS) is 23.3. The fourth-order valence-corrected chi connectivity index (χ4v) is 3.23. The van der Waals surface area contributed by atoms with Gasteiger partial charge in [0.2, 0.25) is 0 Å². The summed E-state index contributed by atoms with van der Waals surface area (Å²) in [7, 11) is 1.78. The minimum absolute atomic E-state index is 0.388. The van der Waals surface area contributed by atoms with E-state index >= 15 is 0 Å². The van der Waals surface area contributed by atoms with E-state index in [0.717, 1.165) is 24.2 Å². The van der Waals surface area contributed by atoms with E-state index in [-0.39, 0.29) is 0 Å². The van der Waals surface area contributed by atoms with Gasteiger partial charge < -0.3 is 9.30 Å². The summed E-state index contributed by atoms with van der Waals surface area (Å²) in [6.07, 6.45) is 2.50. The molecule has 1 heterocycles. The molecule has 1 aliphatic carbocycles. The van der Waals surface area contributed by atoms with E-state index in [2.05, 4.69) is 50.3 Å². The maximum atomic E-state index is 6.02. The van der Waals surface area contributed by atoms with E-state index in [0.29, 0.717) is 18.0 Å². The molecule has 1 saturated carbocycles. The van der Waals surface area contributed by atoms with Gasteiger partial charge in [0.05, 0.1) is 23.0 Å². The van der Waals surface area contributed by atoms with Crippen molar-refractivity contribution in [2.75, 3.05) is 7.11 Å². The Bertz CT molecular complexity index is 578. The summed E-state index contributed by atoms with van der Waals surface area (Å²) < 4.78 is 8.84. The SMILES string of the molecule is COC1CC(n2c(CCl)nc3cc(I)ccc32)C1. The lowest BCUT2D eigenvalue weighted by molar-refractivity contribution is 0.00675. The molecule has 96 valence electrons. The van der Waals surface area contributed by atoms with Crippen LogP contribution in [0.1, 0.15) is 24.7 Å². The first-order valence-electron chi connectivity index (χ1n) is 5.98. The number of hydrogen-bond acceptors (Lipinski definition) is 2. The van der Waals surface area contributed by atoms with Crippen LogP contribution in [0.25, 0.3) is 11.0 Å². The first-order chi connectivity index (χ1) is 8.72. The summed E-state index contributed by atoms with van der Waals surface area (Å²) in [5.74, 6) is 1.42. The van der Waals surface area contributed by atoms with Crippen LogP contribution in [-0.4, -0.2) is 22.8 Å². The lowest BCUT2D eigenvalue weighted by Gasteiger charge is -2.36. The van der Waals surface area contributed by atoms with Crippen LogP contribution in [0.5, 0.6) is 0 Å². The molecule has 0 saturated heterocycles. The van der Waals surface area contributed by atoms with Gasteiger partial charge in [-0.15, -0.1) is 11.6 Å². The van der Waals surface area contributed by atoms with E-state index in [1.807, 2.05) is 0 Å². The van der Waals surface area contributed by atoms with Crippen molar-refractivity contribution in [2.45, 2.75) is 30.9 Å². The second-order valence-electron chi connectivity index (χ2n) is 4.65. The van der Waals surface area contributed by atoms with Gasteiger partial charge in [0.1, 0.15) is 5.82 Å². The highest BCUT2D eigenvalue weighted by atomic mass is 127. The predicted octanol–water partition coefficient (Wildman–Crippen LogP) is 3.73. The monoisotopic (exact) mass is 376 g/mol. The zero-order valence-electron chi connectivity index (χ0n) is 10.1. The lowest BCUT2D eigenvalue weighted by atomic mass is 9.89. The van der Waals surface area contributed by atoms with Crippen molar-refractivity contribution >= 4 is 45.2 Å². The quantitative estimate of drug-likeness (QED) is 0.603.